The summed E-state index contributed by atoms with van der Waals surface area (Å²) < 4.78 is 5.40. The molecule has 3 unspecified atom stereocenters. The van der Waals surface area contributed by atoms with Gasteiger partial charge in [-0.1, -0.05) is 0 Å². The third kappa shape index (κ3) is 1.81. The molecule has 0 bridgehead atoms. The van der Waals surface area contributed by atoms with Gasteiger partial charge in [-0.3, -0.25) is 4.90 Å². The van der Waals surface area contributed by atoms with E-state index in [9.17, 15) is 5.11 Å². The fraction of sp³-hybridized carbons (Fsp3) is 1.00. The Morgan fingerprint density at radius 2 is 1.80 bits per heavy atom. The van der Waals surface area contributed by atoms with E-state index in [1.165, 1.54) is 25.8 Å². The number of aliphatic hydroxyl groups is 1. The van der Waals surface area contributed by atoms with Gasteiger partial charge in [-0.05, 0) is 31.6 Å². The second kappa shape index (κ2) is 4.04. The Labute approximate surface area is 91.4 Å². The maximum atomic E-state index is 9.86. The number of hydrogen-bond donors (Lipinski definition) is 1. The van der Waals surface area contributed by atoms with E-state index in [0.29, 0.717) is 5.92 Å². The third-order valence-corrected chi connectivity index (χ3v) is 4.55. The number of hydrogen-bond acceptors (Lipinski definition) is 3. The minimum Gasteiger partial charge on any atom is -0.393 e. The quantitative estimate of drug-likeness (QED) is 0.698. The first kappa shape index (κ1) is 10.1. The van der Waals surface area contributed by atoms with Crippen LogP contribution in [-0.4, -0.2) is 48.5 Å². The third-order valence-electron chi connectivity index (χ3n) is 4.55. The van der Waals surface area contributed by atoms with E-state index in [4.69, 9.17) is 4.74 Å². The molecular formula is C12H21NO2. The first-order valence-corrected chi connectivity index (χ1v) is 6.34. The number of rotatable bonds is 1. The summed E-state index contributed by atoms with van der Waals surface area (Å²) in [5.74, 6) is 1.36. The second-order valence-corrected chi connectivity index (χ2v) is 5.37. The summed E-state index contributed by atoms with van der Waals surface area (Å²) in [6, 6.07) is 0.733. The molecule has 3 aliphatic rings. The summed E-state index contributed by atoms with van der Waals surface area (Å²) in [5.41, 5.74) is 0. The minimum absolute atomic E-state index is 0.0140. The molecule has 0 amide bonds. The van der Waals surface area contributed by atoms with Gasteiger partial charge in [0.25, 0.3) is 0 Å². The zero-order valence-electron chi connectivity index (χ0n) is 9.27. The van der Waals surface area contributed by atoms with Crippen molar-refractivity contribution in [2.24, 2.45) is 11.8 Å². The largest absolute Gasteiger partial charge is 0.393 e. The van der Waals surface area contributed by atoms with Gasteiger partial charge in [-0.2, -0.15) is 0 Å². The van der Waals surface area contributed by atoms with Crippen LogP contribution in [0.15, 0.2) is 0 Å². The second-order valence-electron chi connectivity index (χ2n) is 5.37. The van der Waals surface area contributed by atoms with E-state index in [2.05, 4.69) is 4.90 Å². The van der Waals surface area contributed by atoms with Crippen LogP contribution in [0.25, 0.3) is 0 Å². The number of aliphatic hydroxyl groups excluding tert-OH is 1. The van der Waals surface area contributed by atoms with Crippen LogP contribution in [0.3, 0.4) is 0 Å². The lowest BCUT2D eigenvalue weighted by molar-refractivity contribution is 0.0359. The molecule has 0 radical (unpaired) electrons. The predicted octanol–water partition coefficient (Wildman–Crippen LogP) is 0.868. The molecule has 0 aromatic heterocycles. The topological polar surface area (TPSA) is 32.7 Å². The van der Waals surface area contributed by atoms with Crippen LogP contribution < -0.4 is 0 Å². The van der Waals surface area contributed by atoms with Crippen LogP contribution in [0.4, 0.5) is 0 Å². The van der Waals surface area contributed by atoms with Crippen LogP contribution >= 0.6 is 0 Å². The van der Waals surface area contributed by atoms with E-state index >= 15 is 0 Å². The van der Waals surface area contributed by atoms with Gasteiger partial charge in [0.15, 0.2) is 0 Å². The number of fused-ring (bicyclic) bond motifs is 1. The highest BCUT2D eigenvalue weighted by molar-refractivity contribution is 4.95. The summed E-state index contributed by atoms with van der Waals surface area (Å²) in [6.45, 7) is 4.22. The van der Waals surface area contributed by atoms with Crippen molar-refractivity contribution < 1.29 is 9.84 Å². The lowest BCUT2D eigenvalue weighted by Gasteiger charge is -2.31. The fourth-order valence-corrected chi connectivity index (χ4v) is 3.62. The molecule has 86 valence electrons. The van der Waals surface area contributed by atoms with Gasteiger partial charge in [0, 0.05) is 38.3 Å². The molecule has 2 heterocycles. The molecule has 3 atom stereocenters. The van der Waals surface area contributed by atoms with Crippen molar-refractivity contribution in [3.8, 4) is 0 Å². The van der Waals surface area contributed by atoms with Crippen molar-refractivity contribution in [1.29, 1.82) is 0 Å². The molecule has 3 rings (SSSR count). The maximum Gasteiger partial charge on any atom is 0.0583 e. The summed E-state index contributed by atoms with van der Waals surface area (Å²) in [7, 11) is 0. The summed E-state index contributed by atoms with van der Waals surface area (Å²) >= 11 is 0. The highest BCUT2D eigenvalue weighted by Gasteiger charge is 2.43. The SMILES string of the molecule is OC1CCC2CN(C3CCOCC3)CC12. The van der Waals surface area contributed by atoms with Crippen LogP contribution in [-0.2, 0) is 4.74 Å². The van der Waals surface area contributed by atoms with E-state index in [-0.39, 0.29) is 6.10 Å². The van der Waals surface area contributed by atoms with Gasteiger partial charge < -0.3 is 9.84 Å². The van der Waals surface area contributed by atoms with E-state index in [1.807, 2.05) is 0 Å². The summed E-state index contributed by atoms with van der Waals surface area (Å²) in [6.07, 6.45) is 4.65. The Morgan fingerprint density at radius 1 is 1.00 bits per heavy atom. The van der Waals surface area contributed by atoms with Gasteiger partial charge in [-0.25, -0.2) is 0 Å². The van der Waals surface area contributed by atoms with E-state index in [0.717, 1.165) is 38.1 Å². The van der Waals surface area contributed by atoms with E-state index < -0.39 is 0 Å². The average Bonchev–Trinajstić information content (AvgIpc) is 2.83. The zero-order valence-corrected chi connectivity index (χ0v) is 9.27. The first-order valence-electron chi connectivity index (χ1n) is 6.34. The Bertz CT molecular complexity index is 228. The molecule has 3 nitrogen and oxygen atoms in total. The van der Waals surface area contributed by atoms with Crippen molar-refractivity contribution in [2.45, 2.75) is 37.8 Å². The molecule has 1 aliphatic carbocycles. The normalized spacial score (nSPS) is 43.4. The van der Waals surface area contributed by atoms with Crippen LogP contribution in [0.1, 0.15) is 25.7 Å². The Balaban J connectivity index is 1.61. The Hall–Kier alpha value is -0.120. The number of nitrogens with zero attached hydrogens (tertiary/aromatic N) is 1. The lowest BCUT2D eigenvalue weighted by atomic mass is 10.00. The monoisotopic (exact) mass is 211 g/mol. The summed E-state index contributed by atoms with van der Waals surface area (Å²) in [5, 5.41) is 9.86. The Kier molecular flexibility index (Phi) is 2.71. The van der Waals surface area contributed by atoms with Crippen LogP contribution in [0, 0.1) is 11.8 Å². The fourth-order valence-electron chi connectivity index (χ4n) is 3.62. The van der Waals surface area contributed by atoms with Gasteiger partial charge in [0.1, 0.15) is 0 Å². The molecule has 1 saturated carbocycles. The highest BCUT2D eigenvalue weighted by atomic mass is 16.5. The number of ether oxygens (including phenoxy) is 1. The molecule has 1 N–H and O–H groups in total. The van der Waals surface area contributed by atoms with Crippen LogP contribution in [0.5, 0.6) is 0 Å². The average molecular weight is 211 g/mol. The van der Waals surface area contributed by atoms with Gasteiger partial charge >= 0.3 is 0 Å². The van der Waals surface area contributed by atoms with Crippen molar-refractivity contribution in [2.75, 3.05) is 26.3 Å². The Morgan fingerprint density at radius 3 is 2.53 bits per heavy atom. The highest BCUT2D eigenvalue weighted by Crippen LogP contribution is 2.39. The van der Waals surface area contributed by atoms with Crippen molar-refractivity contribution >= 4 is 0 Å². The maximum absolute atomic E-state index is 9.86. The lowest BCUT2D eigenvalue weighted by Crippen LogP contribution is -2.39. The standard InChI is InChI=1S/C12H21NO2/c14-12-2-1-9-7-13(8-11(9)12)10-3-5-15-6-4-10/h9-12,14H,1-8H2. The minimum atomic E-state index is -0.0140. The summed E-state index contributed by atoms with van der Waals surface area (Å²) in [4.78, 5) is 2.61. The molecule has 3 fully saturated rings. The van der Waals surface area contributed by atoms with Crippen LogP contribution in [0.2, 0.25) is 0 Å². The number of likely N-dealkylation sites (tertiary alicyclic amines) is 1. The van der Waals surface area contributed by atoms with Crippen molar-refractivity contribution in [3.05, 3.63) is 0 Å². The van der Waals surface area contributed by atoms with Gasteiger partial charge in [-0.15, -0.1) is 0 Å². The molecular weight excluding hydrogens is 190 g/mol. The molecule has 0 spiro atoms. The van der Waals surface area contributed by atoms with Crippen molar-refractivity contribution in [3.63, 3.8) is 0 Å². The molecule has 0 aromatic rings. The molecule has 15 heavy (non-hydrogen) atoms. The zero-order chi connectivity index (χ0) is 10.3. The molecule has 0 aromatic carbocycles. The molecule has 2 saturated heterocycles. The predicted molar refractivity (Wildman–Crippen MR) is 57.6 cm³/mol. The smallest absolute Gasteiger partial charge is 0.0583 e. The first-order chi connectivity index (χ1) is 7.34. The van der Waals surface area contributed by atoms with Gasteiger partial charge in [0.05, 0.1) is 6.10 Å². The molecule has 3 heteroatoms. The van der Waals surface area contributed by atoms with Gasteiger partial charge in [0.2, 0.25) is 0 Å². The van der Waals surface area contributed by atoms with E-state index in [1.54, 1.807) is 0 Å². The molecule has 2 aliphatic heterocycles. The van der Waals surface area contributed by atoms with Crippen molar-refractivity contribution in [1.82, 2.24) is 4.90 Å².